The van der Waals surface area contributed by atoms with Gasteiger partial charge in [-0.1, -0.05) is 0 Å². The number of ether oxygens (including phenoxy) is 1. The van der Waals surface area contributed by atoms with Crippen LogP contribution in [0.25, 0.3) is 0 Å². The minimum Gasteiger partial charge on any atom is -0.461 e. The lowest BCUT2D eigenvalue weighted by Crippen LogP contribution is -2.52. The van der Waals surface area contributed by atoms with Gasteiger partial charge in [-0.15, -0.1) is 0 Å². The molecule has 0 radical (unpaired) electrons. The first-order valence-electron chi connectivity index (χ1n) is 6.16. The SMILES string of the molecule is CNc1nc(OC(C)C)nc(N2CC(=O)NC(=O)C2)n1. The molecular weight excluding hydrogens is 264 g/mol. The highest BCUT2D eigenvalue weighted by Crippen LogP contribution is 2.16. The first-order valence-corrected chi connectivity index (χ1v) is 6.16. The normalized spacial score (nSPS) is 15.3. The predicted molar refractivity (Wildman–Crippen MR) is 70.5 cm³/mol. The number of nitrogens with one attached hydrogen (secondary N) is 2. The van der Waals surface area contributed by atoms with E-state index in [1.165, 1.54) is 4.90 Å². The fourth-order valence-electron chi connectivity index (χ4n) is 1.64. The maximum absolute atomic E-state index is 11.4. The Labute approximate surface area is 115 Å². The summed E-state index contributed by atoms with van der Waals surface area (Å²) in [5.74, 6) is -0.245. The number of nitrogens with zero attached hydrogens (tertiary/aromatic N) is 4. The van der Waals surface area contributed by atoms with Gasteiger partial charge in [-0.3, -0.25) is 14.9 Å². The molecule has 1 aromatic rings. The average molecular weight is 280 g/mol. The van der Waals surface area contributed by atoms with Crippen LogP contribution in [0, 0.1) is 0 Å². The van der Waals surface area contributed by atoms with Crippen LogP contribution >= 0.6 is 0 Å². The molecule has 0 spiro atoms. The Morgan fingerprint density at radius 2 is 1.85 bits per heavy atom. The van der Waals surface area contributed by atoms with Crippen molar-refractivity contribution in [1.29, 1.82) is 0 Å². The molecule has 2 heterocycles. The molecular formula is C11H16N6O3. The topological polar surface area (TPSA) is 109 Å². The number of carbonyl (C=O) groups is 2. The summed E-state index contributed by atoms with van der Waals surface area (Å²) in [4.78, 5) is 36.5. The zero-order valence-corrected chi connectivity index (χ0v) is 11.5. The van der Waals surface area contributed by atoms with E-state index in [4.69, 9.17) is 4.74 Å². The van der Waals surface area contributed by atoms with Crippen LogP contribution in [0.15, 0.2) is 0 Å². The first-order chi connectivity index (χ1) is 9.47. The Kier molecular flexibility index (Phi) is 3.97. The van der Waals surface area contributed by atoms with Gasteiger partial charge >= 0.3 is 6.01 Å². The second kappa shape index (κ2) is 5.68. The number of rotatable bonds is 4. The fourth-order valence-corrected chi connectivity index (χ4v) is 1.64. The van der Waals surface area contributed by atoms with Gasteiger partial charge in [0, 0.05) is 7.05 Å². The third-order valence-corrected chi connectivity index (χ3v) is 2.40. The lowest BCUT2D eigenvalue weighted by Gasteiger charge is -2.25. The van der Waals surface area contributed by atoms with Crippen LogP contribution in [-0.2, 0) is 9.59 Å². The van der Waals surface area contributed by atoms with Gasteiger partial charge in [-0.2, -0.15) is 15.0 Å². The van der Waals surface area contributed by atoms with Gasteiger partial charge in [0.25, 0.3) is 0 Å². The minimum atomic E-state index is -0.390. The van der Waals surface area contributed by atoms with Crippen LogP contribution in [0.1, 0.15) is 13.8 Å². The third-order valence-electron chi connectivity index (χ3n) is 2.40. The van der Waals surface area contributed by atoms with Crippen molar-refractivity contribution in [2.75, 3.05) is 30.4 Å². The number of hydrogen-bond donors (Lipinski definition) is 2. The molecule has 9 nitrogen and oxygen atoms in total. The van der Waals surface area contributed by atoms with Crippen molar-refractivity contribution < 1.29 is 14.3 Å². The summed E-state index contributed by atoms with van der Waals surface area (Å²) in [6.07, 6.45) is -0.0961. The van der Waals surface area contributed by atoms with Crippen LogP contribution in [0.5, 0.6) is 6.01 Å². The zero-order valence-electron chi connectivity index (χ0n) is 11.5. The number of carbonyl (C=O) groups excluding carboxylic acids is 2. The van der Waals surface area contributed by atoms with Crippen molar-refractivity contribution >= 4 is 23.7 Å². The molecule has 2 rings (SSSR count). The standard InChI is InChI=1S/C11H16N6O3/c1-6(2)20-11-15-9(12-3)14-10(16-11)17-4-7(18)13-8(19)5-17/h6H,4-5H2,1-3H3,(H,13,18,19)(H,12,14,15,16). The molecule has 108 valence electrons. The molecule has 0 atom stereocenters. The first kappa shape index (κ1) is 14.0. The van der Waals surface area contributed by atoms with E-state index in [0.29, 0.717) is 5.95 Å². The quantitative estimate of drug-likeness (QED) is 0.687. The maximum Gasteiger partial charge on any atom is 0.323 e. The second-order valence-corrected chi connectivity index (χ2v) is 4.49. The van der Waals surface area contributed by atoms with Gasteiger partial charge in [-0.25, -0.2) is 0 Å². The molecule has 1 aliphatic heterocycles. The van der Waals surface area contributed by atoms with E-state index in [1.807, 2.05) is 13.8 Å². The summed E-state index contributed by atoms with van der Waals surface area (Å²) < 4.78 is 5.43. The van der Waals surface area contributed by atoms with Gasteiger partial charge in [0.05, 0.1) is 6.10 Å². The summed E-state index contributed by atoms with van der Waals surface area (Å²) in [5.41, 5.74) is 0. The third kappa shape index (κ3) is 3.31. The summed E-state index contributed by atoms with van der Waals surface area (Å²) in [6.45, 7) is 3.72. The van der Waals surface area contributed by atoms with Crippen molar-refractivity contribution in [3.05, 3.63) is 0 Å². The Bertz CT molecular complexity index is 517. The Hall–Kier alpha value is -2.45. The smallest absolute Gasteiger partial charge is 0.323 e. The van der Waals surface area contributed by atoms with Gasteiger partial charge in [0.15, 0.2) is 0 Å². The van der Waals surface area contributed by atoms with Gasteiger partial charge in [0.2, 0.25) is 23.7 Å². The van der Waals surface area contributed by atoms with Crippen molar-refractivity contribution in [3.8, 4) is 6.01 Å². The molecule has 0 aliphatic carbocycles. The van der Waals surface area contributed by atoms with Gasteiger partial charge in [-0.05, 0) is 13.8 Å². The molecule has 20 heavy (non-hydrogen) atoms. The van der Waals surface area contributed by atoms with E-state index in [-0.39, 0.29) is 43.0 Å². The molecule has 0 aromatic carbocycles. The number of aromatic nitrogens is 3. The van der Waals surface area contributed by atoms with E-state index in [1.54, 1.807) is 7.05 Å². The molecule has 2 N–H and O–H groups in total. The number of amides is 2. The monoisotopic (exact) mass is 280 g/mol. The van der Waals surface area contributed by atoms with Crippen LogP contribution < -0.4 is 20.3 Å². The number of piperazine rings is 1. The van der Waals surface area contributed by atoms with Gasteiger partial charge in [0.1, 0.15) is 13.1 Å². The van der Waals surface area contributed by atoms with Crippen LogP contribution in [0.2, 0.25) is 0 Å². The molecule has 0 saturated carbocycles. The summed E-state index contributed by atoms with van der Waals surface area (Å²) in [6, 6.07) is 0.146. The Balaban J connectivity index is 2.29. The lowest BCUT2D eigenvalue weighted by atomic mass is 10.3. The Morgan fingerprint density at radius 3 is 2.40 bits per heavy atom. The van der Waals surface area contributed by atoms with Gasteiger partial charge < -0.3 is 15.0 Å². The molecule has 9 heteroatoms. The second-order valence-electron chi connectivity index (χ2n) is 4.49. The molecule has 0 bridgehead atoms. The van der Waals surface area contributed by atoms with Crippen LogP contribution in [0.3, 0.4) is 0 Å². The van der Waals surface area contributed by atoms with Crippen molar-refractivity contribution in [3.63, 3.8) is 0 Å². The summed E-state index contributed by atoms with van der Waals surface area (Å²) >= 11 is 0. The molecule has 1 aliphatic rings. The summed E-state index contributed by atoms with van der Waals surface area (Å²) in [7, 11) is 1.66. The largest absolute Gasteiger partial charge is 0.461 e. The predicted octanol–water partition coefficient (Wildman–Crippen LogP) is -0.837. The van der Waals surface area contributed by atoms with E-state index in [2.05, 4.69) is 25.6 Å². The zero-order chi connectivity index (χ0) is 14.7. The van der Waals surface area contributed by atoms with Crippen molar-refractivity contribution in [2.24, 2.45) is 0 Å². The lowest BCUT2D eigenvalue weighted by molar-refractivity contribution is -0.130. The van der Waals surface area contributed by atoms with E-state index in [0.717, 1.165) is 0 Å². The van der Waals surface area contributed by atoms with E-state index in [9.17, 15) is 9.59 Å². The molecule has 1 aromatic heterocycles. The molecule has 0 unspecified atom stereocenters. The number of anilines is 2. The highest BCUT2D eigenvalue weighted by atomic mass is 16.5. The minimum absolute atomic E-state index is 0.0139. The van der Waals surface area contributed by atoms with Crippen LogP contribution in [-0.4, -0.2) is 53.0 Å². The molecule has 2 amide bonds. The van der Waals surface area contributed by atoms with E-state index < -0.39 is 0 Å². The molecule has 1 fully saturated rings. The number of hydrogen-bond acceptors (Lipinski definition) is 8. The highest BCUT2D eigenvalue weighted by Gasteiger charge is 2.25. The Morgan fingerprint density at radius 1 is 1.20 bits per heavy atom. The van der Waals surface area contributed by atoms with Crippen LogP contribution in [0.4, 0.5) is 11.9 Å². The number of imide groups is 1. The summed E-state index contributed by atoms with van der Waals surface area (Å²) in [5, 5.41) is 5.00. The van der Waals surface area contributed by atoms with Crippen molar-refractivity contribution in [2.45, 2.75) is 20.0 Å². The maximum atomic E-state index is 11.4. The average Bonchev–Trinajstić information content (AvgIpc) is 2.36. The molecule has 1 saturated heterocycles. The fraction of sp³-hybridized carbons (Fsp3) is 0.545. The van der Waals surface area contributed by atoms with E-state index >= 15 is 0 Å². The van der Waals surface area contributed by atoms with Crippen molar-refractivity contribution in [1.82, 2.24) is 20.3 Å². The highest BCUT2D eigenvalue weighted by molar-refractivity contribution is 6.02.